The summed E-state index contributed by atoms with van der Waals surface area (Å²) in [5.41, 5.74) is 3.74. The van der Waals surface area contributed by atoms with Gasteiger partial charge in [-0.2, -0.15) is 0 Å². The fourth-order valence-electron chi connectivity index (χ4n) is 2.45. The minimum atomic E-state index is 0.0852. The van der Waals surface area contributed by atoms with Gasteiger partial charge >= 0.3 is 0 Å². The standard InChI is InChI=1S/C14H18N2O/c1-2-14(17)15-12-4-3-10-8-16(13-5-6-13)9-11(10)7-12/h3-4,7,13H,2,5-6,8-9H2,1H3,(H,15,17). The predicted octanol–water partition coefficient (Wildman–Crippen LogP) is 2.51. The second-order valence-electron chi connectivity index (χ2n) is 5.02. The highest BCUT2D eigenvalue weighted by molar-refractivity contribution is 5.90. The van der Waals surface area contributed by atoms with Crippen molar-refractivity contribution >= 4 is 11.6 Å². The first-order chi connectivity index (χ1) is 8.26. The molecule has 1 heterocycles. The number of nitrogens with one attached hydrogen (secondary N) is 1. The molecular formula is C14H18N2O. The molecule has 1 aliphatic carbocycles. The maximum absolute atomic E-state index is 11.3. The van der Waals surface area contributed by atoms with Crippen LogP contribution in [0.25, 0.3) is 0 Å². The number of rotatable bonds is 3. The van der Waals surface area contributed by atoms with Crippen LogP contribution in [0.5, 0.6) is 0 Å². The normalized spacial score (nSPS) is 19.1. The molecule has 1 fully saturated rings. The lowest BCUT2D eigenvalue weighted by Crippen LogP contribution is -2.18. The van der Waals surface area contributed by atoms with Gasteiger partial charge in [0.1, 0.15) is 0 Å². The van der Waals surface area contributed by atoms with Crippen LogP contribution in [0.15, 0.2) is 18.2 Å². The summed E-state index contributed by atoms with van der Waals surface area (Å²) in [5, 5.41) is 2.92. The van der Waals surface area contributed by atoms with Crippen molar-refractivity contribution in [3.63, 3.8) is 0 Å². The molecule has 1 amide bonds. The Bertz CT molecular complexity index is 452. The summed E-state index contributed by atoms with van der Waals surface area (Å²) in [4.78, 5) is 13.9. The highest BCUT2D eigenvalue weighted by atomic mass is 16.1. The Balaban J connectivity index is 1.74. The third kappa shape index (κ3) is 2.20. The first-order valence-corrected chi connectivity index (χ1v) is 6.42. The van der Waals surface area contributed by atoms with E-state index in [1.165, 1.54) is 24.0 Å². The van der Waals surface area contributed by atoms with Crippen LogP contribution in [-0.2, 0) is 17.9 Å². The van der Waals surface area contributed by atoms with Crippen LogP contribution >= 0.6 is 0 Å². The maximum atomic E-state index is 11.3. The summed E-state index contributed by atoms with van der Waals surface area (Å²) >= 11 is 0. The smallest absolute Gasteiger partial charge is 0.224 e. The zero-order valence-corrected chi connectivity index (χ0v) is 10.2. The van der Waals surface area contributed by atoms with Crippen molar-refractivity contribution in [3.05, 3.63) is 29.3 Å². The van der Waals surface area contributed by atoms with Crippen molar-refractivity contribution in [2.75, 3.05) is 5.32 Å². The van der Waals surface area contributed by atoms with Crippen LogP contribution in [0.4, 0.5) is 5.69 Å². The van der Waals surface area contributed by atoms with E-state index >= 15 is 0 Å². The van der Waals surface area contributed by atoms with E-state index < -0.39 is 0 Å². The molecule has 3 nitrogen and oxygen atoms in total. The Morgan fingerprint density at radius 1 is 1.35 bits per heavy atom. The number of hydrogen-bond donors (Lipinski definition) is 1. The molecule has 1 aliphatic heterocycles. The first-order valence-electron chi connectivity index (χ1n) is 6.42. The molecular weight excluding hydrogens is 212 g/mol. The topological polar surface area (TPSA) is 32.3 Å². The third-order valence-corrected chi connectivity index (χ3v) is 3.62. The predicted molar refractivity (Wildman–Crippen MR) is 67.6 cm³/mol. The van der Waals surface area contributed by atoms with Crippen molar-refractivity contribution < 1.29 is 4.79 Å². The van der Waals surface area contributed by atoms with Crippen molar-refractivity contribution in [1.29, 1.82) is 0 Å². The molecule has 0 unspecified atom stereocenters. The summed E-state index contributed by atoms with van der Waals surface area (Å²) in [6.07, 6.45) is 3.24. The minimum absolute atomic E-state index is 0.0852. The number of nitrogens with zero attached hydrogens (tertiary/aromatic N) is 1. The van der Waals surface area contributed by atoms with Gasteiger partial charge in [0.2, 0.25) is 5.91 Å². The van der Waals surface area contributed by atoms with E-state index in [0.717, 1.165) is 24.8 Å². The molecule has 0 saturated heterocycles. The van der Waals surface area contributed by atoms with Crippen LogP contribution in [-0.4, -0.2) is 16.8 Å². The Labute approximate surface area is 102 Å². The molecule has 1 aromatic carbocycles. The lowest BCUT2D eigenvalue weighted by atomic mass is 10.1. The monoisotopic (exact) mass is 230 g/mol. The summed E-state index contributed by atoms with van der Waals surface area (Å²) in [7, 11) is 0. The third-order valence-electron chi connectivity index (χ3n) is 3.62. The molecule has 0 atom stereocenters. The van der Waals surface area contributed by atoms with E-state index in [4.69, 9.17) is 0 Å². The van der Waals surface area contributed by atoms with Crippen molar-refractivity contribution in [2.45, 2.75) is 45.3 Å². The number of hydrogen-bond acceptors (Lipinski definition) is 2. The Kier molecular flexibility index (Phi) is 2.63. The van der Waals surface area contributed by atoms with Gasteiger partial charge in [0, 0.05) is 31.2 Å². The van der Waals surface area contributed by atoms with Crippen molar-refractivity contribution in [2.24, 2.45) is 0 Å². The lowest BCUT2D eigenvalue weighted by Gasteiger charge is -2.11. The van der Waals surface area contributed by atoms with Gasteiger partial charge in [-0.3, -0.25) is 9.69 Å². The van der Waals surface area contributed by atoms with Gasteiger partial charge in [-0.1, -0.05) is 13.0 Å². The average molecular weight is 230 g/mol. The Morgan fingerprint density at radius 3 is 2.82 bits per heavy atom. The minimum Gasteiger partial charge on any atom is -0.326 e. The Hall–Kier alpha value is -1.35. The van der Waals surface area contributed by atoms with Crippen molar-refractivity contribution in [3.8, 4) is 0 Å². The molecule has 1 saturated carbocycles. The van der Waals surface area contributed by atoms with Gasteiger partial charge in [0.15, 0.2) is 0 Å². The van der Waals surface area contributed by atoms with Gasteiger partial charge in [0.05, 0.1) is 0 Å². The summed E-state index contributed by atoms with van der Waals surface area (Å²) in [5.74, 6) is 0.0852. The molecule has 0 radical (unpaired) electrons. The SMILES string of the molecule is CCC(=O)Nc1ccc2c(c1)CN(C1CC1)C2. The van der Waals surface area contributed by atoms with E-state index in [1.807, 2.05) is 13.0 Å². The van der Waals surface area contributed by atoms with Gasteiger partial charge < -0.3 is 5.32 Å². The van der Waals surface area contributed by atoms with Gasteiger partial charge in [-0.25, -0.2) is 0 Å². The van der Waals surface area contributed by atoms with E-state index in [2.05, 4.69) is 22.3 Å². The largest absolute Gasteiger partial charge is 0.326 e. The second kappa shape index (κ2) is 4.15. The summed E-state index contributed by atoms with van der Waals surface area (Å²) in [6, 6.07) is 7.12. The zero-order valence-electron chi connectivity index (χ0n) is 10.2. The highest BCUT2D eigenvalue weighted by Gasteiger charge is 2.32. The first kappa shape index (κ1) is 10.8. The van der Waals surface area contributed by atoms with Crippen molar-refractivity contribution in [1.82, 2.24) is 4.90 Å². The van der Waals surface area contributed by atoms with Gasteiger partial charge in [-0.05, 0) is 36.1 Å². The van der Waals surface area contributed by atoms with E-state index in [0.29, 0.717) is 6.42 Å². The molecule has 3 heteroatoms. The molecule has 3 rings (SSSR count). The quantitative estimate of drug-likeness (QED) is 0.865. The van der Waals surface area contributed by atoms with Crippen LogP contribution < -0.4 is 5.32 Å². The molecule has 90 valence electrons. The van der Waals surface area contributed by atoms with E-state index in [-0.39, 0.29) is 5.91 Å². The molecule has 0 bridgehead atoms. The number of carbonyl (C=O) groups excluding carboxylic acids is 1. The average Bonchev–Trinajstić information content (AvgIpc) is 3.09. The number of anilines is 1. The number of carbonyl (C=O) groups is 1. The second-order valence-corrected chi connectivity index (χ2v) is 5.02. The molecule has 0 spiro atoms. The molecule has 2 aliphatic rings. The van der Waals surface area contributed by atoms with E-state index in [9.17, 15) is 4.79 Å². The number of benzene rings is 1. The highest BCUT2D eigenvalue weighted by Crippen LogP contribution is 2.35. The lowest BCUT2D eigenvalue weighted by molar-refractivity contribution is -0.115. The van der Waals surface area contributed by atoms with Crippen LogP contribution in [0, 0.1) is 0 Å². The zero-order chi connectivity index (χ0) is 11.8. The fraction of sp³-hybridized carbons (Fsp3) is 0.500. The van der Waals surface area contributed by atoms with Crippen LogP contribution in [0.1, 0.15) is 37.3 Å². The number of fused-ring (bicyclic) bond motifs is 1. The fourth-order valence-corrected chi connectivity index (χ4v) is 2.45. The molecule has 1 aromatic rings. The van der Waals surface area contributed by atoms with Gasteiger partial charge in [0.25, 0.3) is 0 Å². The maximum Gasteiger partial charge on any atom is 0.224 e. The van der Waals surface area contributed by atoms with Crippen LogP contribution in [0.2, 0.25) is 0 Å². The summed E-state index contributed by atoms with van der Waals surface area (Å²) < 4.78 is 0. The molecule has 1 N–H and O–H groups in total. The Morgan fingerprint density at radius 2 is 2.12 bits per heavy atom. The number of amides is 1. The summed E-state index contributed by atoms with van der Waals surface area (Å²) in [6.45, 7) is 4.01. The molecule has 17 heavy (non-hydrogen) atoms. The van der Waals surface area contributed by atoms with Crippen LogP contribution in [0.3, 0.4) is 0 Å². The van der Waals surface area contributed by atoms with Gasteiger partial charge in [-0.15, -0.1) is 0 Å². The molecule has 0 aromatic heterocycles. The van der Waals surface area contributed by atoms with E-state index in [1.54, 1.807) is 0 Å².